The summed E-state index contributed by atoms with van der Waals surface area (Å²) in [6.45, 7) is 0.529. The molecule has 30 heavy (non-hydrogen) atoms. The van der Waals surface area contributed by atoms with E-state index in [9.17, 15) is 9.70 Å². The minimum absolute atomic E-state index is 0.330. The summed E-state index contributed by atoms with van der Waals surface area (Å²) < 4.78 is 7.20. The lowest BCUT2D eigenvalue weighted by atomic mass is 9.81. The molecular formula is C25H26N2O3. The van der Waals surface area contributed by atoms with Gasteiger partial charge in [0.25, 0.3) is 0 Å². The molecular weight excluding hydrogens is 376 g/mol. The molecule has 1 atom stereocenters. The Morgan fingerprint density at radius 3 is 2.67 bits per heavy atom. The average Bonchev–Trinajstić information content (AvgIpc) is 3.01. The first-order valence-electron chi connectivity index (χ1n) is 10.9. The first kappa shape index (κ1) is 19.0. The van der Waals surface area contributed by atoms with Gasteiger partial charge in [-0.3, -0.25) is 0 Å². The number of ether oxygens (including phenoxy) is 1. The van der Waals surface area contributed by atoms with Crippen molar-refractivity contribution in [1.29, 1.82) is 0 Å². The van der Waals surface area contributed by atoms with Gasteiger partial charge in [-0.05, 0) is 42.0 Å². The molecule has 1 aliphatic carbocycles. The third-order valence-corrected chi connectivity index (χ3v) is 6.81. The Hall–Kier alpha value is -2.95. The number of aromatic nitrogens is 1. The molecule has 0 saturated heterocycles. The van der Waals surface area contributed by atoms with Gasteiger partial charge in [0.2, 0.25) is 0 Å². The quantitative estimate of drug-likeness (QED) is 0.409. The monoisotopic (exact) mass is 402 g/mol. The lowest BCUT2D eigenvalue weighted by Gasteiger charge is -2.23. The van der Waals surface area contributed by atoms with Gasteiger partial charge in [0.05, 0.1) is 18.4 Å². The highest BCUT2D eigenvalue weighted by molar-refractivity contribution is 5.99. The lowest BCUT2D eigenvalue weighted by molar-refractivity contribution is 0.0601. The van der Waals surface area contributed by atoms with Gasteiger partial charge in [0.1, 0.15) is 6.04 Å². The van der Waals surface area contributed by atoms with Crippen LogP contribution in [0.2, 0.25) is 0 Å². The van der Waals surface area contributed by atoms with Crippen LogP contribution in [0.15, 0.2) is 47.6 Å². The fraction of sp³-hybridized carbons (Fsp3) is 0.400. The average molecular weight is 402 g/mol. The SMILES string of the molecule is COC(=O)c1ccc2c(C3CCCCC3)c3n(c2c1)CC(N=O)Cc1ccccc1-3. The first-order chi connectivity index (χ1) is 14.7. The molecule has 2 heterocycles. The molecule has 1 aromatic heterocycles. The van der Waals surface area contributed by atoms with E-state index < -0.39 is 0 Å². The lowest BCUT2D eigenvalue weighted by Crippen LogP contribution is -2.14. The van der Waals surface area contributed by atoms with Gasteiger partial charge >= 0.3 is 5.97 Å². The van der Waals surface area contributed by atoms with Crippen molar-refractivity contribution in [2.24, 2.45) is 5.18 Å². The predicted octanol–water partition coefficient (Wildman–Crippen LogP) is 5.83. The number of methoxy groups -OCH3 is 1. The Balaban J connectivity index is 1.83. The largest absolute Gasteiger partial charge is 0.465 e. The summed E-state index contributed by atoms with van der Waals surface area (Å²) in [6.07, 6.45) is 6.80. The fourth-order valence-electron chi connectivity index (χ4n) is 5.43. The van der Waals surface area contributed by atoms with Crippen LogP contribution in [-0.4, -0.2) is 23.7 Å². The second kappa shape index (κ2) is 7.71. The number of hydrogen-bond acceptors (Lipinski definition) is 4. The smallest absolute Gasteiger partial charge is 0.337 e. The Morgan fingerprint density at radius 2 is 1.90 bits per heavy atom. The van der Waals surface area contributed by atoms with Gasteiger partial charge < -0.3 is 9.30 Å². The van der Waals surface area contributed by atoms with Crippen LogP contribution in [-0.2, 0) is 17.7 Å². The fourth-order valence-corrected chi connectivity index (χ4v) is 5.43. The van der Waals surface area contributed by atoms with E-state index in [2.05, 4.69) is 34.0 Å². The van der Waals surface area contributed by atoms with Crippen molar-refractivity contribution in [3.8, 4) is 11.3 Å². The number of benzene rings is 2. The van der Waals surface area contributed by atoms with Gasteiger partial charge in [-0.2, -0.15) is 4.91 Å². The maximum atomic E-state index is 12.2. The molecule has 5 heteroatoms. The van der Waals surface area contributed by atoms with Crippen LogP contribution in [0.1, 0.15) is 59.5 Å². The van der Waals surface area contributed by atoms with E-state index in [4.69, 9.17) is 4.74 Å². The van der Waals surface area contributed by atoms with Crippen molar-refractivity contribution in [1.82, 2.24) is 4.57 Å². The van der Waals surface area contributed by atoms with Gasteiger partial charge in [-0.15, -0.1) is 0 Å². The van der Waals surface area contributed by atoms with Crippen molar-refractivity contribution in [3.63, 3.8) is 0 Å². The zero-order valence-corrected chi connectivity index (χ0v) is 17.3. The molecule has 0 N–H and O–H groups in total. The van der Waals surface area contributed by atoms with Crippen molar-refractivity contribution < 1.29 is 9.53 Å². The number of nitroso groups, excluding NO2 is 1. The molecule has 3 aromatic rings. The number of carbonyl (C=O) groups excluding carboxylic acids is 1. The number of carbonyl (C=O) groups is 1. The zero-order valence-electron chi connectivity index (χ0n) is 17.3. The van der Waals surface area contributed by atoms with Crippen LogP contribution in [0.3, 0.4) is 0 Å². The molecule has 1 saturated carbocycles. The van der Waals surface area contributed by atoms with Crippen molar-refractivity contribution in [2.45, 2.75) is 57.0 Å². The molecule has 1 fully saturated rings. The van der Waals surface area contributed by atoms with Crippen LogP contribution >= 0.6 is 0 Å². The van der Waals surface area contributed by atoms with Crippen molar-refractivity contribution >= 4 is 16.9 Å². The third-order valence-electron chi connectivity index (χ3n) is 6.81. The molecule has 0 spiro atoms. The summed E-state index contributed by atoms with van der Waals surface area (Å²) in [6, 6.07) is 13.9. The van der Waals surface area contributed by atoms with E-state index >= 15 is 0 Å². The topological polar surface area (TPSA) is 60.7 Å². The van der Waals surface area contributed by atoms with E-state index in [-0.39, 0.29) is 12.0 Å². The highest BCUT2D eigenvalue weighted by Gasteiger charge is 2.31. The standard InChI is InChI=1S/C25H26N2O3/c1-30-25(28)18-11-12-21-22(14-18)27-15-19(26-29)13-17-9-5-6-10-20(17)24(27)23(21)16-7-3-2-4-8-16/h5-6,9-12,14,16,19H,2-4,7-8,13,15H2,1H3. The molecule has 0 bridgehead atoms. The van der Waals surface area contributed by atoms with Crippen LogP contribution in [0, 0.1) is 4.91 Å². The molecule has 2 aliphatic rings. The van der Waals surface area contributed by atoms with E-state index in [0.717, 1.165) is 5.52 Å². The predicted molar refractivity (Wildman–Crippen MR) is 118 cm³/mol. The van der Waals surface area contributed by atoms with Crippen molar-refractivity contribution in [2.75, 3.05) is 7.11 Å². The molecule has 0 radical (unpaired) electrons. The molecule has 0 amide bonds. The van der Waals surface area contributed by atoms with Crippen LogP contribution < -0.4 is 0 Å². The number of fused-ring (bicyclic) bond motifs is 5. The summed E-state index contributed by atoms with van der Waals surface area (Å²) in [5.41, 5.74) is 6.49. The van der Waals surface area contributed by atoms with Gasteiger partial charge in [-0.25, -0.2) is 4.79 Å². The van der Waals surface area contributed by atoms with E-state index in [0.29, 0.717) is 24.4 Å². The summed E-state index contributed by atoms with van der Waals surface area (Å²) in [5, 5.41) is 4.63. The number of rotatable bonds is 3. The highest BCUT2D eigenvalue weighted by Crippen LogP contribution is 2.46. The van der Waals surface area contributed by atoms with E-state index in [1.54, 1.807) is 0 Å². The van der Waals surface area contributed by atoms with Crippen LogP contribution in [0.5, 0.6) is 0 Å². The van der Waals surface area contributed by atoms with Gasteiger partial charge in [0, 0.05) is 29.4 Å². The second-order valence-corrected chi connectivity index (χ2v) is 8.55. The van der Waals surface area contributed by atoms with Gasteiger partial charge in [-0.1, -0.05) is 54.8 Å². The summed E-state index contributed by atoms with van der Waals surface area (Å²) >= 11 is 0. The van der Waals surface area contributed by atoms with Crippen LogP contribution in [0.25, 0.3) is 22.2 Å². The Labute approximate surface area is 176 Å². The summed E-state index contributed by atoms with van der Waals surface area (Å²) in [7, 11) is 1.40. The third kappa shape index (κ3) is 3.04. The Morgan fingerprint density at radius 1 is 1.10 bits per heavy atom. The molecule has 5 rings (SSSR count). The Bertz CT molecular complexity index is 1120. The summed E-state index contributed by atoms with van der Waals surface area (Å²) in [5.74, 6) is 0.154. The molecule has 1 aliphatic heterocycles. The highest BCUT2D eigenvalue weighted by atomic mass is 16.5. The number of hydrogen-bond donors (Lipinski definition) is 0. The molecule has 5 nitrogen and oxygen atoms in total. The molecule has 154 valence electrons. The number of esters is 1. The minimum atomic E-state index is -0.342. The zero-order chi connectivity index (χ0) is 20.7. The van der Waals surface area contributed by atoms with Crippen LogP contribution in [0.4, 0.5) is 0 Å². The summed E-state index contributed by atoms with van der Waals surface area (Å²) in [4.78, 5) is 23.9. The maximum Gasteiger partial charge on any atom is 0.337 e. The molecule has 2 aromatic carbocycles. The normalized spacial score (nSPS) is 19.0. The minimum Gasteiger partial charge on any atom is -0.465 e. The van der Waals surface area contributed by atoms with Crippen molar-refractivity contribution in [3.05, 3.63) is 64.1 Å². The first-order valence-corrected chi connectivity index (χ1v) is 10.9. The Kier molecular flexibility index (Phi) is 4.89. The molecule has 1 unspecified atom stereocenters. The second-order valence-electron chi connectivity index (χ2n) is 8.55. The van der Waals surface area contributed by atoms with Gasteiger partial charge in [0.15, 0.2) is 0 Å². The van der Waals surface area contributed by atoms with E-state index in [1.165, 1.54) is 67.0 Å². The van der Waals surface area contributed by atoms with E-state index in [1.807, 2.05) is 18.2 Å². The maximum absolute atomic E-state index is 12.2. The number of nitrogens with zero attached hydrogens (tertiary/aromatic N) is 2.